The van der Waals surface area contributed by atoms with Crippen LogP contribution in [0.2, 0.25) is 0 Å². The van der Waals surface area contributed by atoms with Gasteiger partial charge in [0.15, 0.2) is 0 Å². The molecule has 0 aliphatic rings. The molecule has 1 unspecified atom stereocenters. The summed E-state index contributed by atoms with van der Waals surface area (Å²) < 4.78 is 1.80. The number of hydrogen-bond donors (Lipinski definition) is 2. The Bertz CT molecular complexity index is 443. The highest BCUT2D eigenvalue weighted by Crippen LogP contribution is 2.26. The minimum atomic E-state index is 0.268. The van der Waals surface area contributed by atoms with E-state index in [0.717, 1.165) is 23.6 Å². The molecule has 0 saturated carbocycles. The van der Waals surface area contributed by atoms with Gasteiger partial charge in [0.1, 0.15) is 10.8 Å². The number of nitrogens with two attached hydrogens (primary N) is 1. The van der Waals surface area contributed by atoms with Crippen molar-refractivity contribution in [3.63, 3.8) is 0 Å². The lowest BCUT2D eigenvalue weighted by Crippen LogP contribution is -2.26. The molecule has 0 bridgehead atoms. The van der Waals surface area contributed by atoms with Gasteiger partial charge in [-0.1, -0.05) is 39.9 Å². The normalized spacial score (nSPS) is 13.4. The second kappa shape index (κ2) is 5.26. The zero-order valence-corrected chi connectivity index (χ0v) is 13.0. The van der Waals surface area contributed by atoms with Crippen LogP contribution in [0.3, 0.4) is 0 Å². The van der Waals surface area contributed by atoms with Crippen molar-refractivity contribution in [2.45, 2.75) is 34.6 Å². The van der Waals surface area contributed by atoms with Crippen molar-refractivity contribution in [3.05, 3.63) is 11.3 Å². The number of nitrogens with one attached hydrogen (secondary N) is 1. The third-order valence-electron chi connectivity index (χ3n) is 3.52. The maximum Gasteiger partial charge on any atom is 0.134 e. The van der Waals surface area contributed by atoms with Gasteiger partial charge in [-0.2, -0.15) is 5.10 Å². The van der Waals surface area contributed by atoms with Crippen molar-refractivity contribution >= 4 is 23.0 Å². The molecule has 0 amide bonds. The Morgan fingerprint density at radius 2 is 2.06 bits per heavy atom. The van der Waals surface area contributed by atoms with Crippen molar-refractivity contribution in [1.82, 2.24) is 9.78 Å². The summed E-state index contributed by atoms with van der Waals surface area (Å²) in [5.74, 6) is 1.45. The van der Waals surface area contributed by atoms with E-state index in [2.05, 4.69) is 38.1 Å². The molecule has 0 aliphatic carbocycles. The van der Waals surface area contributed by atoms with Crippen LogP contribution in [0.4, 0.5) is 5.82 Å². The SMILES string of the molecule is Cc1nn(C)c(NCC(C)C(C)(C)C)c1C(N)=S. The van der Waals surface area contributed by atoms with Crippen LogP contribution in [0, 0.1) is 18.3 Å². The summed E-state index contributed by atoms with van der Waals surface area (Å²) in [6.07, 6.45) is 0. The van der Waals surface area contributed by atoms with E-state index in [1.807, 2.05) is 14.0 Å². The molecule has 0 fully saturated rings. The highest BCUT2D eigenvalue weighted by molar-refractivity contribution is 7.80. The molecule has 0 radical (unpaired) electrons. The highest BCUT2D eigenvalue weighted by Gasteiger charge is 2.21. The fraction of sp³-hybridized carbons (Fsp3) is 0.692. The standard InChI is InChI=1S/C13H24N4S/c1-8(13(3,4)5)7-15-12-10(11(14)18)9(2)16-17(12)6/h8,15H,7H2,1-6H3,(H2,14,18). The van der Waals surface area contributed by atoms with Crippen LogP contribution in [-0.2, 0) is 7.05 Å². The first-order valence-corrected chi connectivity index (χ1v) is 6.62. The number of thiocarbonyl (C=S) groups is 1. The molecule has 18 heavy (non-hydrogen) atoms. The molecule has 102 valence electrons. The minimum absolute atomic E-state index is 0.268. The van der Waals surface area contributed by atoms with E-state index in [0.29, 0.717) is 10.9 Å². The van der Waals surface area contributed by atoms with E-state index in [1.54, 1.807) is 4.68 Å². The van der Waals surface area contributed by atoms with Gasteiger partial charge in [0.2, 0.25) is 0 Å². The zero-order valence-electron chi connectivity index (χ0n) is 12.2. The van der Waals surface area contributed by atoms with Gasteiger partial charge in [0, 0.05) is 13.6 Å². The lowest BCUT2D eigenvalue weighted by atomic mass is 9.82. The minimum Gasteiger partial charge on any atom is -0.389 e. The lowest BCUT2D eigenvalue weighted by Gasteiger charge is -2.27. The maximum absolute atomic E-state index is 5.76. The third-order valence-corrected chi connectivity index (χ3v) is 3.73. The van der Waals surface area contributed by atoms with Crippen LogP contribution in [0.1, 0.15) is 39.0 Å². The molecule has 3 N–H and O–H groups in total. The predicted molar refractivity (Wildman–Crippen MR) is 80.9 cm³/mol. The molecule has 0 spiro atoms. The van der Waals surface area contributed by atoms with Gasteiger partial charge in [-0.05, 0) is 18.3 Å². The van der Waals surface area contributed by atoms with E-state index in [1.165, 1.54) is 0 Å². The quantitative estimate of drug-likeness (QED) is 0.824. The number of aromatic nitrogens is 2. The zero-order chi connectivity index (χ0) is 14.1. The monoisotopic (exact) mass is 268 g/mol. The number of nitrogens with zero attached hydrogens (tertiary/aromatic N) is 2. The smallest absolute Gasteiger partial charge is 0.134 e. The molecular weight excluding hydrogens is 244 g/mol. The number of anilines is 1. The lowest BCUT2D eigenvalue weighted by molar-refractivity contribution is 0.274. The topological polar surface area (TPSA) is 55.9 Å². The Balaban J connectivity index is 2.89. The Morgan fingerprint density at radius 3 is 2.50 bits per heavy atom. The van der Waals surface area contributed by atoms with Gasteiger partial charge in [-0.25, -0.2) is 0 Å². The molecular formula is C13H24N4S. The van der Waals surface area contributed by atoms with E-state index >= 15 is 0 Å². The first-order valence-electron chi connectivity index (χ1n) is 6.22. The Hall–Kier alpha value is -1.10. The molecule has 4 nitrogen and oxygen atoms in total. The third kappa shape index (κ3) is 3.22. The van der Waals surface area contributed by atoms with Gasteiger partial charge in [-0.3, -0.25) is 4.68 Å². The first kappa shape index (κ1) is 15.0. The first-order chi connectivity index (χ1) is 8.14. The van der Waals surface area contributed by atoms with Gasteiger partial charge in [0.25, 0.3) is 0 Å². The van der Waals surface area contributed by atoms with Crippen molar-refractivity contribution in [2.24, 2.45) is 24.1 Å². The molecule has 0 aromatic carbocycles. The van der Waals surface area contributed by atoms with Crippen molar-refractivity contribution in [2.75, 3.05) is 11.9 Å². The Labute approximate surface area is 115 Å². The number of aryl methyl sites for hydroxylation is 2. The van der Waals surface area contributed by atoms with E-state index in [-0.39, 0.29) is 5.41 Å². The number of rotatable bonds is 4. The summed E-state index contributed by atoms with van der Waals surface area (Å²) >= 11 is 5.09. The maximum atomic E-state index is 5.76. The second-order valence-electron chi connectivity index (χ2n) is 5.94. The van der Waals surface area contributed by atoms with Gasteiger partial charge < -0.3 is 11.1 Å². The average molecular weight is 268 g/mol. The summed E-state index contributed by atoms with van der Waals surface area (Å²) in [7, 11) is 1.90. The second-order valence-corrected chi connectivity index (χ2v) is 6.38. The molecule has 1 rings (SSSR count). The number of hydrogen-bond acceptors (Lipinski definition) is 3. The summed E-state index contributed by atoms with van der Waals surface area (Å²) in [4.78, 5) is 0.395. The van der Waals surface area contributed by atoms with Crippen LogP contribution in [0.25, 0.3) is 0 Å². The van der Waals surface area contributed by atoms with E-state index in [9.17, 15) is 0 Å². The molecule has 0 saturated heterocycles. The molecule has 0 aliphatic heterocycles. The van der Waals surface area contributed by atoms with Crippen LogP contribution >= 0.6 is 12.2 Å². The van der Waals surface area contributed by atoms with Crippen molar-refractivity contribution in [1.29, 1.82) is 0 Å². The molecule has 5 heteroatoms. The predicted octanol–water partition coefficient (Wildman–Crippen LogP) is 2.46. The summed E-state index contributed by atoms with van der Waals surface area (Å²) in [5.41, 5.74) is 7.75. The van der Waals surface area contributed by atoms with Crippen LogP contribution < -0.4 is 11.1 Å². The van der Waals surface area contributed by atoms with Crippen molar-refractivity contribution < 1.29 is 0 Å². The molecule has 1 heterocycles. The van der Waals surface area contributed by atoms with E-state index in [4.69, 9.17) is 18.0 Å². The summed E-state index contributed by atoms with van der Waals surface area (Å²) in [6.45, 7) is 11.7. The van der Waals surface area contributed by atoms with Crippen LogP contribution in [-0.4, -0.2) is 21.3 Å². The summed E-state index contributed by atoms with van der Waals surface area (Å²) in [6, 6.07) is 0. The molecule has 1 aromatic heterocycles. The Kier molecular flexibility index (Phi) is 4.37. The Morgan fingerprint density at radius 1 is 1.50 bits per heavy atom. The average Bonchev–Trinajstić information content (AvgIpc) is 2.48. The van der Waals surface area contributed by atoms with Gasteiger partial charge >= 0.3 is 0 Å². The molecule has 1 aromatic rings. The molecule has 1 atom stereocenters. The van der Waals surface area contributed by atoms with Gasteiger partial charge in [0.05, 0.1) is 11.3 Å². The highest BCUT2D eigenvalue weighted by atomic mass is 32.1. The fourth-order valence-electron chi connectivity index (χ4n) is 1.71. The fourth-order valence-corrected chi connectivity index (χ4v) is 1.96. The summed E-state index contributed by atoms with van der Waals surface area (Å²) in [5, 5.41) is 7.78. The van der Waals surface area contributed by atoms with Crippen LogP contribution in [0.5, 0.6) is 0 Å². The van der Waals surface area contributed by atoms with Crippen LogP contribution in [0.15, 0.2) is 0 Å². The van der Waals surface area contributed by atoms with Gasteiger partial charge in [-0.15, -0.1) is 0 Å². The largest absolute Gasteiger partial charge is 0.389 e. The van der Waals surface area contributed by atoms with E-state index < -0.39 is 0 Å². The van der Waals surface area contributed by atoms with Crippen molar-refractivity contribution in [3.8, 4) is 0 Å².